The van der Waals surface area contributed by atoms with E-state index < -0.39 is 0 Å². The van der Waals surface area contributed by atoms with Gasteiger partial charge < -0.3 is 15.6 Å². The number of H-pyrrole nitrogens is 1. The molecule has 0 aliphatic carbocycles. The number of carbonyl (C=O) groups is 1. The predicted molar refractivity (Wildman–Crippen MR) is 84.8 cm³/mol. The van der Waals surface area contributed by atoms with Gasteiger partial charge in [-0.25, -0.2) is 0 Å². The van der Waals surface area contributed by atoms with Gasteiger partial charge in [-0.05, 0) is 31.5 Å². The molecule has 0 fully saturated rings. The summed E-state index contributed by atoms with van der Waals surface area (Å²) in [6.07, 6.45) is 1.05. The number of rotatable bonds is 6. The Hall–Kier alpha value is -2.14. The van der Waals surface area contributed by atoms with Crippen LogP contribution < -0.4 is 16.2 Å². The lowest BCUT2D eigenvalue weighted by Crippen LogP contribution is -2.35. The van der Waals surface area contributed by atoms with E-state index in [4.69, 9.17) is 0 Å². The van der Waals surface area contributed by atoms with Crippen LogP contribution in [0.15, 0.2) is 29.1 Å². The zero-order chi connectivity index (χ0) is 15.2. The highest BCUT2D eigenvalue weighted by Gasteiger charge is 2.15. The zero-order valence-corrected chi connectivity index (χ0v) is 12.5. The fourth-order valence-electron chi connectivity index (χ4n) is 2.34. The number of benzene rings is 1. The van der Waals surface area contributed by atoms with Crippen LogP contribution in [0.2, 0.25) is 0 Å². The Balaban J connectivity index is 2.17. The lowest BCUT2D eigenvalue weighted by molar-refractivity contribution is 0.0952. The van der Waals surface area contributed by atoms with E-state index in [-0.39, 0.29) is 17.0 Å². The molecule has 1 aromatic carbocycles. The van der Waals surface area contributed by atoms with Gasteiger partial charge in [0.25, 0.3) is 11.5 Å². The molecular weight excluding hydrogens is 266 g/mol. The minimum atomic E-state index is -0.342. The van der Waals surface area contributed by atoms with E-state index in [1.165, 1.54) is 0 Å². The van der Waals surface area contributed by atoms with Crippen molar-refractivity contribution in [3.05, 3.63) is 45.7 Å². The Labute approximate surface area is 123 Å². The van der Waals surface area contributed by atoms with Crippen molar-refractivity contribution in [2.24, 2.45) is 0 Å². The average molecular weight is 287 g/mol. The summed E-state index contributed by atoms with van der Waals surface area (Å²) in [7, 11) is 0. The number of aromatic nitrogens is 1. The standard InChI is InChI=1S/C16H21N3O2/c1-3-8-17-9-10-18-15(20)14-11(2)12-6-4-5-7-13(12)19-16(14)21/h4-7,17H,3,8-10H2,1-2H3,(H,18,20)(H,19,21). The van der Waals surface area contributed by atoms with Crippen molar-refractivity contribution < 1.29 is 4.79 Å². The summed E-state index contributed by atoms with van der Waals surface area (Å²) in [5, 5.41) is 6.88. The second-order valence-corrected chi connectivity index (χ2v) is 5.01. The number of hydrogen-bond acceptors (Lipinski definition) is 3. The van der Waals surface area contributed by atoms with Gasteiger partial charge in [0.05, 0.1) is 0 Å². The van der Waals surface area contributed by atoms with Crippen molar-refractivity contribution in [2.75, 3.05) is 19.6 Å². The SMILES string of the molecule is CCCNCCNC(=O)c1c(C)c2ccccc2[nH]c1=O. The molecule has 0 unspecified atom stereocenters. The van der Waals surface area contributed by atoms with Crippen LogP contribution in [0, 0.1) is 6.92 Å². The molecule has 0 aliphatic heterocycles. The average Bonchev–Trinajstić information content (AvgIpc) is 2.47. The fraction of sp³-hybridized carbons (Fsp3) is 0.375. The van der Waals surface area contributed by atoms with Crippen molar-refractivity contribution in [2.45, 2.75) is 20.3 Å². The fourth-order valence-corrected chi connectivity index (χ4v) is 2.34. The first-order valence-corrected chi connectivity index (χ1v) is 7.25. The summed E-state index contributed by atoms with van der Waals surface area (Å²) in [6.45, 7) is 6.02. The van der Waals surface area contributed by atoms with Crippen LogP contribution in [-0.2, 0) is 0 Å². The number of hydrogen-bond donors (Lipinski definition) is 3. The van der Waals surface area contributed by atoms with Gasteiger partial charge in [0.15, 0.2) is 0 Å². The third-order valence-corrected chi connectivity index (χ3v) is 3.42. The van der Waals surface area contributed by atoms with Crippen molar-refractivity contribution in [1.82, 2.24) is 15.6 Å². The number of aryl methyl sites for hydroxylation is 1. The predicted octanol–water partition coefficient (Wildman–Crippen LogP) is 1.57. The first-order chi connectivity index (χ1) is 10.1. The van der Waals surface area contributed by atoms with Crippen LogP contribution in [0.25, 0.3) is 10.9 Å². The largest absolute Gasteiger partial charge is 0.351 e. The summed E-state index contributed by atoms with van der Waals surface area (Å²) in [5.41, 5.74) is 1.32. The van der Waals surface area contributed by atoms with Crippen molar-refractivity contribution in [3.63, 3.8) is 0 Å². The van der Waals surface area contributed by atoms with Crippen LogP contribution in [0.5, 0.6) is 0 Å². The molecule has 0 spiro atoms. The maximum Gasteiger partial charge on any atom is 0.261 e. The van der Waals surface area contributed by atoms with E-state index in [0.29, 0.717) is 18.7 Å². The van der Waals surface area contributed by atoms with Gasteiger partial charge in [-0.2, -0.15) is 0 Å². The summed E-state index contributed by atoms with van der Waals surface area (Å²) in [5.74, 6) is -0.321. The molecule has 0 radical (unpaired) electrons. The van der Waals surface area contributed by atoms with Crippen LogP contribution >= 0.6 is 0 Å². The first kappa shape index (κ1) is 15.3. The summed E-state index contributed by atoms with van der Waals surface area (Å²) in [4.78, 5) is 27.1. The van der Waals surface area contributed by atoms with Crippen molar-refractivity contribution >= 4 is 16.8 Å². The van der Waals surface area contributed by atoms with Gasteiger partial charge in [0.2, 0.25) is 0 Å². The Kier molecular flexibility index (Phi) is 5.11. The van der Waals surface area contributed by atoms with E-state index in [1.807, 2.05) is 31.2 Å². The highest BCUT2D eigenvalue weighted by molar-refractivity contribution is 5.99. The molecular formula is C16H21N3O2. The smallest absolute Gasteiger partial charge is 0.261 e. The Morgan fingerprint density at radius 1 is 1.19 bits per heavy atom. The zero-order valence-electron chi connectivity index (χ0n) is 12.5. The molecule has 1 aromatic heterocycles. The van der Waals surface area contributed by atoms with E-state index in [1.54, 1.807) is 0 Å². The van der Waals surface area contributed by atoms with Crippen molar-refractivity contribution in [3.8, 4) is 0 Å². The second-order valence-electron chi connectivity index (χ2n) is 5.01. The Morgan fingerprint density at radius 2 is 1.95 bits per heavy atom. The third-order valence-electron chi connectivity index (χ3n) is 3.42. The highest BCUT2D eigenvalue weighted by Crippen LogP contribution is 2.16. The Bertz CT molecular complexity index is 691. The molecule has 1 heterocycles. The Morgan fingerprint density at radius 3 is 2.71 bits per heavy atom. The minimum absolute atomic E-state index is 0.198. The van der Waals surface area contributed by atoms with Gasteiger partial charge in [-0.15, -0.1) is 0 Å². The number of pyridine rings is 1. The van der Waals surface area contributed by atoms with Crippen molar-refractivity contribution in [1.29, 1.82) is 0 Å². The molecule has 112 valence electrons. The van der Waals surface area contributed by atoms with E-state index in [0.717, 1.165) is 23.9 Å². The molecule has 3 N–H and O–H groups in total. The maximum absolute atomic E-state index is 12.2. The molecule has 2 rings (SSSR count). The van der Waals surface area contributed by atoms with E-state index >= 15 is 0 Å². The number of aromatic amines is 1. The molecule has 5 nitrogen and oxygen atoms in total. The minimum Gasteiger partial charge on any atom is -0.351 e. The van der Waals surface area contributed by atoms with Gasteiger partial charge >= 0.3 is 0 Å². The molecule has 5 heteroatoms. The normalized spacial score (nSPS) is 10.8. The highest BCUT2D eigenvalue weighted by atomic mass is 16.2. The monoisotopic (exact) mass is 287 g/mol. The number of para-hydroxylation sites is 1. The third kappa shape index (κ3) is 3.49. The molecule has 0 atom stereocenters. The molecule has 0 saturated heterocycles. The van der Waals surface area contributed by atoms with E-state index in [9.17, 15) is 9.59 Å². The molecule has 0 saturated carbocycles. The van der Waals surface area contributed by atoms with Crippen LogP contribution in [-0.4, -0.2) is 30.5 Å². The lowest BCUT2D eigenvalue weighted by Gasteiger charge is -2.09. The van der Waals surface area contributed by atoms with E-state index in [2.05, 4.69) is 22.5 Å². The summed E-state index contributed by atoms with van der Waals surface area (Å²) >= 11 is 0. The van der Waals surface area contributed by atoms with Gasteiger partial charge in [-0.3, -0.25) is 9.59 Å². The van der Waals surface area contributed by atoms with Gasteiger partial charge in [0, 0.05) is 24.0 Å². The number of nitrogens with one attached hydrogen (secondary N) is 3. The second kappa shape index (κ2) is 7.04. The summed E-state index contributed by atoms with van der Waals surface area (Å²) in [6, 6.07) is 7.49. The van der Waals surface area contributed by atoms with Crippen LogP contribution in [0.1, 0.15) is 29.3 Å². The van der Waals surface area contributed by atoms with Crippen LogP contribution in [0.3, 0.4) is 0 Å². The number of carbonyl (C=O) groups excluding carboxylic acids is 1. The molecule has 21 heavy (non-hydrogen) atoms. The summed E-state index contributed by atoms with van der Waals surface area (Å²) < 4.78 is 0. The molecule has 2 aromatic rings. The molecule has 0 aliphatic rings. The quantitative estimate of drug-likeness (QED) is 0.706. The lowest BCUT2D eigenvalue weighted by atomic mass is 10.0. The molecule has 0 bridgehead atoms. The van der Waals surface area contributed by atoms with Gasteiger partial charge in [-0.1, -0.05) is 25.1 Å². The number of fused-ring (bicyclic) bond motifs is 1. The first-order valence-electron chi connectivity index (χ1n) is 7.25. The number of amides is 1. The topological polar surface area (TPSA) is 74.0 Å². The van der Waals surface area contributed by atoms with Gasteiger partial charge in [0.1, 0.15) is 5.56 Å². The molecule has 1 amide bonds. The van der Waals surface area contributed by atoms with Crippen LogP contribution in [0.4, 0.5) is 0 Å². The maximum atomic E-state index is 12.2.